The first-order chi connectivity index (χ1) is 15.0. The van der Waals surface area contributed by atoms with Crippen molar-refractivity contribution >= 4 is 28.9 Å². The Kier molecular flexibility index (Phi) is 6.04. The van der Waals surface area contributed by atoms with E-state index in [9.17, 15) is 4.79 Å². The van der Waals surface area contributed by atoms with E-state index in [0.29, 0.717) is 18.1 Å². The fraction of sp³-hybridized carbons (Fsp3) is 0.292. The number of anilines is 1. The molecule has 1 amide bonds. The molecule has 2 aromatic heterocycles. The maximum absolute atomic E-state index is 12.7. The summed E-state index contributed by atoms with van der Waals surface area (Å²) in [5.74, 6) is -0.0276. The highest BCUT2D eigenvalue weighted by Crippen LogP contribution is 2.39. The Hall–Kier alpha value is -3.19. The summed E-state index contributed by atoms with van der Waals surface area (Å²) in [4.78, 5) is 19.4. The van der Waals surface area contributed by atoms with Crippen LogP contribution in [0.25, 0.3) is 0 Å². The van der Waals surface area contributed by atoms with Crippen LogP contribution in [0.2, 0.25) is 0 Å². The molecule has 0 spiro atoms. The van der Waals surface area contributed by atoms with Crippen molar-refractivity contribution < 1.29 is 4.79 Å². The Balaban J connectivity index is 1.56. The zero-order valence-electron chi connectivity index (χ0n) is 18.0. The van der Waals surface area contributed by atoms with Crippen molar-refractivity contribution in [3.8, 4) is 0 Å². The van der Waals surface area contributed by atoms with Crippen molar-refractivity contribution in [2.24, 2.45) is 7.05 Å². The molecule has 3 aromatic rings. The standard InChI is InChI=1S/C24H27N5OS/c1-16-8-4-5-9-18(16)26-21(30)13-15-29-23(20-12-11-17(2)28(20)3)22(27-24(29)31)19-10-6-7-14-25-19/h4-12,14,22-23H,13,15H2,1-3H3,(H,26,30)(H,27,31)/t22-,23+/m1/s1. The number of aryl methyl sites for hydroxylation is 2. The van der Waals surface area contributed by atoms with Crippen molar-refractivity contribution in [1.29, 1.82) is 0 Å². The van der Waals surface area contributed by atoms with Crippen LogP contribution in [0.15, 0.2) is 60.8 Å². The number of nitrogens with one attached hydrogen (secondary N) is 2. The maximum Gasteiger partial charge on any atom is 0.226 e. The van der Waals surface area contributed by atoms with E-state index in [2.05, 4.69) is 51.2 Å². The summed E-state index contributed by atoms with van der Waals surface area (Å²) in [6, 6.07) is 17.8. The van der Waals surface area contributed by atoms with E-state index in [1.165, 1.54) is 5.69 Å². The molecule has 0 unspecified atom stereocenters. The molecule has 1 aliphatic heterocycles. The third-order valence-corrected chi connectivity index (χ3v) is 6.26. The summed E-state index contributed by atoms with van der Waals surface area (Å²) in [6.45, 7) is 4.59. The lowest BCUT2D eigenvalue weighted by Gasteiger charge is -2.28. The molecule has 1 fully saturated rings. The Morgan fingerprint density at radius 2 is 1.90 bits per heavy atom. The molecular formula is C24H27N5OS. The van der Waals surface area contributed by atoms with E-state index < -0.39 is 0 Å². The molecular weight excluding hydrogens is 406 g/mol. The van der Waals surface area contributed by atoms with Gasteiger partial charge in [-0.2, -0.15) is 0 Å². The second-order valence-corrected chi connectivity index (χ2v) is 8.28. The first-order valence-corrected chi connectivity index (χ1v) is 10.8. The van der Waals surface area contributed by atoms with Crippen LogP contribution < -0.4 is 10.6 Å². The van der Waals surface area contributed by atoms with Crippen LogP contribution in [-0.2, 0) is 11.8 Å². The second kappa shape index (κ2) is 8.89. The van der Waals surface area contributed by atoms with Crippen molar-refractivity contribution in [3.05, 3.63) is 83.4 Å². The first-order valence-electron chi connectivity index (χ1n) is 10.4. The zero-order valence-corrected chi connectivity index (χ0v) is 18.8. The van der Waals surface area contributed by atoms with Gasteiger partial charge in [0.1, 0.15) is 0 Å². The summed E-state index contributed by atoms with van der Waals surface area (Å²) in [5.41, 5.74) is 5.13. The van der Waals surface area contributed by atoms with Gasteiger partial charge in [0.2, 0.25) is 5.91 Å². The van der Waals surface area contributed by atoms with Crippen molar-refractivity contribution in [3.63, 3.8) is 0 Å². The van der Waals surface area contributed by atoms with E-state index in [4.69, 9.17) is 12.2 Å². The molecule has 1 aromatic carbocycles. The Morgan fingerprint density at radius 1 is 1.13 bits per heavy atom. The van der Waals surface area contributed by atoms with Crippen molar-refractivity contribution in [1.82, 2.24) is 19.8 Å². The number of hydrogen-bond acceptors (Lipinski definition) is 3. The molecule has 1 saturated heterocycles. The third kappa shape index (κ3) is 4.32. The van der Waals surface area contributed by atoms with Crippen LogP contribution in [0.3, 0.4) is 0 Å². The number of thiocarbonyl (C=S) groups is 1. The smallest absolute Gasteiger partial charge is 0.226 e. The predicted molar refractivity (Wildman–Crippen MR) is 127 cm³/mol. The number of hydrogen-bond donors (Lipinski definition) is 2. The molecule has 0 saturated carbocycles. The van der Waals surface area contributed by atoms with Gasteiger partial charge in [-0.25, -0.2) is 0 Å². The molecule has 0 aliphatic carbocycles. The molecule has 160 valence electrons. The zero-order chi connectivity index (χ0) is 22.0. The number of nitrogens with zero attached hydrogens (tertiary/aromatic N) is 3. The van der Waals surface area contributed by atoms with E-state index in [0.717, 1.165) is 22.6 Å². The number of para-hydroxylation sites is 1. The van der Waals surface area contributed by atoms with Gasteiger partial charge in [0, 0.05) is 43.3 Å². The number of benzene rings is 1. The van der Waals surface area contributed by atoms with E-state index in [-0.39, 0.29) is 18.0 Å². The molecule has 2 N–H and O–H groups in total. The lowest BCUT2D eigenvalue weighted by atomic mass is 10.0. The van der Waals surface area contributed by atoms with Gasteiger partial charge in [0.15, 0.2) is 5.11 Å². The number of carbonyl (C=O) groups excluding carboxylic acids is 1. The topological polar surface area (TPSA) is 62.2 Å². The lowest BCUT2D eigenvalue weighted by Crippen LogP contribution is -2.33. The highest BCUT2D eigenvalue weighted by atomic mass is 32.1. The van der Waals surface area contributed by atoms with Crippen LogP contribution in [0.1, 0.15) is 41.1 Å². The Morgan fingerprint density at radius 3 is 2.58 bits per heavy atom. The SMILES string of the molecule is Cc1ccccc1NC(=O)CCN1C(=S)N[C@H](c2ccccn2)[C@@H]1c1ccc(C)n1C. The second-order valence-electron chi connectivity index (χ2n) is 7.89. The fourth-order valence-corrected chi connectivity index (χ4v) is 4.38. The maximum atomic E-state index is 12.7. The summed E-state index contributed by atoms with van der Waals surface area (Å²) in [7, 11) is 2.06. The van der Waals surface area contributed by atoms with Gasteiger partial charge < -0.3 is 20.1 Å². The van der Waals surface area contributed by atoms with Gasteiger partial charge in [-0.15, -0.1) is 0 Å². The van der Waals surface area contributed by atoms with Crippen LogP contribution in [0.4, 0.5) is 5.69 Å². The molecule has 6 nitrogen and oxygen atoms in total. The molecule has 1 aliphatic rings. The van der Waals surface area contributed by atoms with Gasteiger partial charge in [0.25, 0.3) is 0 Å². The van der Waals surface area contributed by atoms with Crippen LogP contribution in [0, 0.1) is 13.8 Å². The average Bonchev–Trinajstić information content (AvgIpc) is 3.27. The van der Waals surface area contributed by atoms with E-state index >= 15 is 0 Å². The summed E-state index contributed by atoms with van der Waals surface area (Å²) in [5, 5.41) is 7.09. The van der Waals surface area contributed by atoms with Crippen LogP contribution in [-0.4, -0.2) is 32.0 Å². The first kappa shape index (κ1) is 21.1. The Bertz CT molecular complexity index is 1090. The summed E-state index contributed by atoms with van der Waals surface area (Å²) >= 11 is 5.69. The van der Waals surface area contributed by atoms with Gasteiger partial charge >= 0.3 is 0 Å². The number of rotatable bonds is 6. The van der Waals surface area contributed by atoms with Crippen molar-refractivity contribution in [2.45, 2.75) is 32.4 Å². The quantitative estimate of drug-likeness (QED) is 0.575. The minimum atomic E-state index is -0.0823. The molecule has 0 bridgehead atoms. The normalized spacial score (nSPS) is 18.2. The van der Waals surface area contributed by atoms with E-state index in [1.54, 1.807) is 6.20 Å². The third-order valence-electron chi connectivity index (χ3n) is 5.91. The lowest BCUT2D eigenvalue weighted by molar-refractivity contribution is -0.116. The van der Waals surface area contributed by atoms with E-state index in [1.807, 2.05) is 49.4 Å². The molecule has 2 atom stereocenters. The molecule has 7 heteroatoms. The largest absolute Gasteiger partial charge is 0.352 e. The summed E-state index contributed by atoms with van der Waals surface area (Å²) < 4.78 is 2.18. The van der Waals surface area contributed by atoms with Gasteiger partial charge in [-0.3, -0.25) is 9.78 Å². The average molecular weight is 434 g/mol. The number of pyridine rings is 1. The number of aromatic nitrogens is 2. The number of carbonyl (C=O) groups is 1. The molecule has 0 radical (unpaired) electrons. The highest BCUT2D eigenvalue weighted by molar-refractivity contribution is 7.80. The van der Waals surface area contributed by atoms with Crippen LogP contribution in [0.5, 0.6) is 0 Å². The van der Waals surface area contributed by atoms with Gasteiger partial charge in [-0.1, -0.05) is 24.3 Å². The monoisotopic (exact) mass is 433 g/mol. The highest BCUT2D eigenvalue weighted by Gasteiger charge is 2.41. The minimum Gasteiger partial charge on any atom is -0.352 e. The number of amides is 1. The van der Waals surface area contributed by atoms with Crippen molar-refractivity contribution in [2.75, 3.05) is 11.9 Å². The minimum absolute atomic E-state index is 0.0276. The van der Waals surface area contributed by atoms with Gasteiger partial charge in [0.05, 0.1) is 17.8 Å². The van der Waals surface area contributed by atoms with Gasteiger partial charge in [-0.05, 0) is 62.0 Å². The fourth-order valence-electron chi connectivity index (χ4n) is 4.05. The Labute approximate surface area is 188 Å². The molecule has 4 rings (SSSR count). The molecule has 31 heavy (non-hydrogen) atoms. The predicted octanol–water partition coefficient (Wildman–Crippen LogP) is 4.04. The van der Waals surface area contributed by atoms with Crippen LogP contribution >= 0.6 is 12.2 Å². The molecule has 3 heterocycles. The summed E-state index contributed by atoms with van der Waals surface area (Å²) in [6.07, 6.45) is 2.14.